The summed E-state index contributed by atoms with van der Waals surface area (Å²) in [6.07, 6.45) is 0. The third kappa shape index (κ3) is 3.72. The maximum Gasteiger partial charge on any atom is 0.143 e. The third-order valence-corrected chi connectivity index (χ3v) is 8.21. The summed E-state index contributed by atoms with van der Waals surface area (Å²) < 4.78 is 92.8. The summed E-state index contributed by atoms with van der Waals surface area (Å²) in [7, 11) is 0. The second kappa shape index (κ2) is 9.44. The van der Waals surface area contributed by atoms with Gasteiger partial charge in [-0.25, -0.2) is 0 Å². The fourth-order valence-electron chi connectivity index (χ4n) is 6.24. The minimum Gasteiger partial charge on any atom is -0.455 e. The Kier molecular flexibility index (Phi) is 3.53. The van der Waals surface area contributed by atoms with E-state index in [1.807, 2.05) is 36.4 Å². The molecule has 1 heterocycles. The average molecular weight is 557 g/mol. The van der Waals surface area contributed by atoms with Crippen molar-refractivity contribution in [3.63, 3.8) is 0 Å². The molecule has 0 amide bonds. The van der Waals surface area contributed by atoms with Crippen molar-refractivity contribution in [3.05, 3.63) is 157 Å². The highest BCUT2D eigenvalue weighted by Gasteiger charge is 2.20. The molecule has 0 radical (unpaired) electrons. The number of hydrogen-bond donors (Lipinski definition) is 0. The fourth-order valence-corrected chi connectivity index (χ4v) is 6.24. The molecule has 0 aliphatic heterocycles. The van der Waals surface area contributed by atoms with Crippen molar-refractivity contribution in [1.82, 2.24) is 0 Å². The molecule has 0 spiro atoms. The first-order chi connectivity index (χ1) is 25.4. The maximum atomic E-state index is 9.21. The van der Waals surface area contributed by atoms with Crippen LogP contribution in [-0.4, -0.2) is 0 Å². The van der Waals surface area contributed by atoms with Gasteiger partial charge in [-0.1, -0.05) is 145 Å². The Morgan fingerprint density at radius 2 is 1.02 bits per heavy atom. The van der Waals surface area contributed by atoms with E-state index in [-0.39, 0.29) is 69.8 Å². The standard InChI is InChI=1S/C42H26O/c1-2-11-30-26-31(25-22-27(30)10-1)28-20-23-29(24-21-28)40-33-13-3-5-15-35(33)41(36-16-6-4-14-34(36)40)38-18-9-17-37-32-12-7-8-19-39(32)43-42(37)38/h1-26H/i3D,4D,5D,6D,7D,8D,9D,12D,18D,19D. The lowest BCUT2D eigenvalue weighted by molar-refractivity contribution is 0.670. The summed E-state index contributed by atoms with van der Waals surface area (Å²) in [5, 5.41) is 4.56. The molecule has 0 aliphatic rings. The van der Waals surface area contributed by atoms with E-state index in [1.54, 1.807) is 12.1 Å². The SMILES string of the molecule is [2H]c1cc2c(-c3ccc(-c4ccc5ccccc5c4)cc3)c3cc([2H])c([2H])cc3c(-c3c([2H])c([2H])cc4c3oc3c([2H])c([2H])c([2H])c([2H])c34)c2cc1[2H]. The number of rotatable bonds is 3. The van der Waals surface area contributed by atoms with Crippen molar-refractivity contribution >= 4 is 54.3 Å². The van der Waals surface area contributed by atoms with Gasteiger partial charge in [0.2, 0.25) is 0 Å². The van der Waals surface area contributed by atoms with Crippen LogP contribution in [0.4, 0.5) is 0 Å². The van der Waals surface area contributed by atoms with Crippen LogP contribution in [0.25, 0.3) is 87.6 Å². The Morgan fingerprint density at radius 3 is 1.77 bits per heavy atom. The van der Waals surface area contributed by atoms with Crippen molar-refractivity contribution in [2.24, 2.45) is 0 Å². The van der Waals surface area contributed by atoms with Crippen LogP contribution < -0.4 is 0 Å². The number of benzene rings is 8. The van der Waals surface area contributed by atoms with Gasteiger partial charge in [-0.3, -0.25) is 0 Å². The van der Waals surface area contributed by atoms with Crippen molar-refractivity contribution in [2.75, 3.05) is 0 Å². The highest BCUT2D eigenvalue weighted by Crippen LogP contribution is 2.46. The van der Waals surface area contributed by atoms with Crippen LogP contribution in [0.3, 0.4) is 0 Å². The van der Waals surface area contributed by atoms with Crippen LogP contribution >= 0.6 is 0 Å². The lowest BCUT2D eigenvalue weighted by atomic mass is 9.85. The number of para-hydroxylation sites is 2. The largest absolute Gasteiger partial charge is 0.455 e. The van der Waals surface area contributed by atoms with Crippen molar-refractivity contribution < 1.29 is 18.1 Å². The number of hydrogen-bond acceptors (Lipinski definition) is 1. The highest BCUT2D eigenvalue weighted by molar-refractivity contribution is 6.24. The zero-order chi connectivity index (χ0) is 37.0. The molecule has 0 saturated carbocycles. The molecule has 0 N–H and O–H groups in total. The van der Waals surface area contributed by atoms with Gasteiger partial charge in [-0.05, 0) is 66.7 Å². The van der Waals surface area contributed by atoms with Crippen molar-refractivity contribution in [1.29, 1.82) is 0 Å². The van der Waals surface area contributed by atoms with Crippen molar-refractivity contribution in [3.8, 4) is 33.4 Å². The van der Waals surface area contributed by atoms with Gasteiger partial charge in [0.05, 0.1) is 13.7 Å². The van der Waals surface area contributed by atoms with Gasteiger partial charge in [0.25, 0.3) is 0 Å². The van der Waals surface area contributed by atoms with Crippen LogP contribution in [0.5, 0.6) is 0 Å². The molecule has 200 valence electrons. The monoisotopic (exact) mass is 556 g/mol. The molecule has 1 heteroatoms. The smallest absolute Gasteiger partial charge is 0.143 e. The molecule has 0 unspecified atom stereocenters. The number of furan rings is 1. The Morgan fingerprint density at radius 1 is 0.419 bits per heavy atom. The summed E-state index contributed by atoms with van der Waals surface area (Å²) in [5.41, 5.74) is 3.86. The molecule has 1 nitrogen and oxygen atoms in total. The predicted octanol–water partition coefficient (Wildman–Crippen LogP) is 12.0. The number of fused-ring (bicyclic) bond motifs is 6. The van der Waals surface area contributed by atoms with E-state index in [0.29, 0.717) is 32.7 Å². The molecular formula is C42H26O. The first kappa shape index (κ1) is 16.1. The van der Waals surface area contributed by atoms with Crippen LogP contribution in [0, 0.1) is 0 Å². The Bertz CT molecular complexity index is 2990. The Balaban J connectivity index is 1.39. The molecule has 43 heavy (non-hydrogen) atoms. The predicted molar refractivity (Wildman–Crippen MR) is 183 cm³/mol. The second-order valence-corrected chi connectivity index (χ2v) is 10.5. The summed E-state index contributed by atoms with van der Waals surface area (Å²) in [6, 6.07) is 27.6. The highest BCUT2D eigenvalue weighted by atomic mass is 16.3. The lowest BCUT2D eigenvalue weighted by Gasteiger charge is -2.18. The van der Waals surface area contributed by atoms with Crippen molar-refractivity contribution in [2.45, 2.75) is 0 Å². The van der Waals surface area contributed by atoms with E-state index in [0.717, 1.165) is 27.5 Å². The van der Waals surface area contributed by atoms with E-state index in [9.17, 15) is 1.37 Å². The maximum absolute atomic E-state index is 9.21. The molecule has 0 aliphatic carbocycles. The molecule has 0 saturated heterocycles. The van der Waals surface area contributed by atoms with E-state index < -0.39 is 18.1 Å². The van der Waals surface area contributed by atoms with Gasteiger partial charge in [0.1, 0.15) is 11.2 Å². The van der Waals surface area contributed by atoms with Gasteiger partial charge in [0, 0.05) is 21.9 Å². The van der Waals surface area contributed by atoms with Crippen LogP contribution in [-0.2, 0) is 0 Å². The topological polar surface area (TPSA) is 13.1 Å². The van der Waals surface area contributed by atoms with Crippen LogP contribution in [0.1, 0.15) is 13.7 Å². The van der Waals surface area contributed by atoms with Gasteiger partial charge in [-0.15, -0.1) is 0 Å². The molecule has 0 fully saturated rings. The molecule has 9 aromatic rings. The first-order valence-corrected chi connectivity index (χ1v) is 13.9. The second-order valence-electron chi connectivity index (χ2n) is 10.5. The minimum absolute atomic E-state index is 0.0436. The Labute approximate surface area is 263 Å². The molecule has 0 atom stereocenters. The van der Waals surface area contributed by atoms with Crippen LogP contribution in [0.15, 0.2) is 162 Å². The molecule has 0 bridgehead atoms. The van der Waals surface area contributed by atoms with E-state index >= 15 is 0 Å². The third-order valence-electron chi connectivity index (χ3n) is 8.21. The quantitative estimate of drug-likeness (QED) is 0.197. The summed E-state index contributed by atoms with van der Waals surface area (Å²) in [6.45, 7) is 0. The zero-order valence-electron chi connectivity index (χ0n) is 32.6. The minimum atomic E-state index is -0.476. The van der Waals surface area contributed by atoms with E-state index in [4.69, 9.17) is 16.8 Å². The molecule has 9 rings (SSSR count). The van der Waals surface area contributed by atoms with Gasteiger partial charge in [-0.2, -0.15) is 0 Å². The van der Waals surface area contributed by atoms with E-state index in [2.05, 4.69) is 30.3 Å². The lowest BCUT2D eigenvalue weighted by Crippen LogP contribution is -1.91. The summed E-state index contributed by atoms with van der Waals surface area (Å²) >= 11 is 0. The Hall–Kier alpha value is -5.66. The van der Waals surface area contributed by atoms with Gasteiger partial charge >= 0.3 is 0 Å². The summed E-state index contributed by atoms with van der Waals surface area (Å²) in [5.74, 6) is 0. The normalized spacial score (nSPS) is 15.0. The van der Waals surface area contributed by atoms with Crippen LogP contribution in [0.2, 0.25) is 0 Å². The molecular weight excluding hydrogens is 520 g/mol. The fraction of sp³-hybridized carbons (Fsp3) is 0. The zero-order valence-corrected chi connectivity index (χ0v) is 22.6. The van der Waals surface area contributed by atoms with Gasteiger partial charge < -0.3 is 4.42 Å². The van der Waals surface area contributed by atoms with Gasteiger partial charge in [0.15, 0.2) is 0 Å². The van der Waals surface area contributed by atoms with E-state index in [1.165, 1.54) is 18.2 Å². The summed E-state index contributed by atoms with van der Waals surface area (Å²) in [4.78, 5) is 0. The average Bonchev–Trinajstić information content (AvgIpc) is 3.53. The molecule has 1 aromatic heterocycles. The molecule has 8 aromatic carbocycles. The first-order valence-electron chi connectivity index (χ1n) is 18.9.